The minimum atomic E-state index is -1.19. The number of anilines is 1. The average molecular weight is 441 g/mol. The van der Waals surface area contributed by atoms with Gasteiger partial charge in [-0.2, -0.15) is 5.10 Å². The van der Waals surface area contributed by atoms with Crippen LogP contribution in [0.15, 0.2) is 52.2 Å². The van der Waals surface area contributed by atoms with Gasteiger partial charge in [-0.05, 0) is 52.4 Å². The van der Waals surface area contributed by atoms with Gasteiger partial charge in [0.1, 0.15) is 0 Å². The van der Waals surface area contributed by atoms with Crippen LogP contribution in [0.3, 0.4) is 0 Å². The monoisotopic (exact) mass is 440 g/mol. The molecule has 28 heavy (non-hydrogen) atoms. The van der Waals surface area contributed by atoms with Gasteiger partial charge in [0.25, 0.3) is 5.91 Å². The Morgan fingerprint density at radius 3 is 2.64 bits per heavy atom. The van der Waals surface area contributed by atoms with E-state index in [0.717, 1.165) is 11.5 Å². The first-order valence-electron chi connectivity index (χ1n) is 8.76. The first kappa shape index (κ1) is 18.2. The molecule has 2 amide bonds. The van der Waals surface area contributed by atoms with Gasteiger partial charge in [0.05, 0.1) is 16.4 Å². The molecule has 1 aliphatic heterocycles. The third-order valence-electron chi connectivity index (χ3n) is 4.59. The van der Waals surface area contributed by atoms with Crippen LogP contribution in [0.1, 0.15) is 40.2 Å². The quantitative estimate of drug-likeness (QED) is 0.465. The second kappa shape index (κ2) is 7.47. The standard InChI is InChI=1S/C11H7BrN4O3.C9H10/c12-9-6-3-13-16-10(17)5-1-4(14-11(18)19)2-7(15-9)8(5)6;1-2-4-8(5-3-1)9-6-7-9/h1-3,14-15H,(H,16,17)(H,18,19);1-5,9H,6-7H2. The predicted molar refractivity (Wildman–Crippen MR) is 111 cm³/mol. The maximum Gasteiger partial charge on any atom is 0.409 e. The van der Waals surface area contributed by atoms with E-state index in [1.165, 1.54) is 30.7 Å². The Labute approximate surface area is 169 Å². The summed E-state index contributed by atoms with van der Waals surface area (Å²) < 4.78 is 0.677. The zero-order valence-electron chi connectivity index (χ0n) is 14.7. The number of hydrazone groups is 1. The van der Waals surface area contributed by atoms with Crippen molar-refractivity contribution in [2.45, 2.75) is 18.8 Å². The molecule has 1 fully saturated rings. The van der Waals surface area contributed by atoms with E-state index in [-0.39, 0.29) is 5.91 Å². The molecule has 0 unspecified atom stereocenters. The predicted octanol–water partition coefficient (Wildman–Crippen LogP) is 4.66. The van der Waals surface area contributed by atoms with Gasteiger partial charge in [-0.15, -0.1) is 0 Å². The van der Waals surface area contributed by atoms with Crippen LogP contribution in [0.5, 0.6) is 0 Å². The number of aromatic amines is 1. The maximum atomic E-state index is 11.9. The molecular weight excluding hydrogens is 424 g/mol. The third kappa shape index (κ3) is 3.77. The second-order valence-electron chi connectivity index (χ2n) is 6.61. The van der Waals surface area contributed by atoms with Crippen LogP contribution in [0, 0.1) is 0 Å². The number of hydrogen-bond acceptors (Lipinski definition) is 3. The number of benzene rings is 2. The molecule has 3 aromatic rings. The van der Waals surface area contributed by atoms with Gasteiger partial charge in [-0.25, -0.2) is 10.2 Å². The fourth-order valence-corrected chi connectivity index (χ4v) is 3.69. The summed E-state index contributed by atoms with van der Waals surface area (Å²) in [5.41, 5.74) is 5.95. The van der Waals surface area contributed by atoms with Gasteiger partial charge < -0.3 is 10.1 Å². The number of nitrogens with zero attached hydrogens (tertiary/aromatic N) is 1. The van der Waals surface area contributed by atoms with Crippen LogP contribution in [0.2, 0.25) is 0 Å². The number of amides is 2. The highest BCUT2D eigenvalue weighted by Gasteiger charge is 2.22. The SMILES string of the molecule is O=C(O)Nc1cc2c3c(c(Br)[nH]c3c1)C=NNC2=O.c1ccc(C2CC2)cc1. The molecule has 0 saturated heterocycles. The number of nitrogens with one attached hydrogen (secondary N) is 3. The fraction of sp³-hybridized carbons (Fsp3) is 0.150. The van der Waals surface area contributed by atoms with E-state index in [0.29, 0.717) is 26.8 Å². The van der Waals surface area contributed by atoms with E-state index in [1.54, 1.807) is 6.07 Å². The van der Waals surface area contributed by atoms with E-state index in [1.807, 2.05) is 0 Å². The lowest BCUT2D eigenvalue weighted by molar-refractivity contribution is 0.0957. The molecule has 0 atom stereocenters. The Kier molecular flexibility index (Phi) is 4.87. The zero-order valence-corrected chi connectivity index (χ0v) is 16.3. The van der Waals surface area contributed by atoms with Crippen LogP contribution in [-0.4, -0.2) is 28.3 Å². The number of carboxylic acid groups (broad SMARTS) is 1. The summed E-state index contributed by atoms with van der Waals surface area (Å²) in [5, 5.41) is 15.5. The van der Waals surface area contributed by atoms with Crippen molar-refractivity contribution < 1.29 is 14.7 Å². The molecule has 1 saturated carbocycles. The summed E-state index contributed by atoms with van der Waals surface area (Å²) in [5.74, 6) is 0.520. The van der Waals surface area contributed by atoms with Crippen LogP contribution >= 0.6 is 15.9 Å². The van der Waals surface area contributed by atoms with Crippen molar-refractivity contribution in [2.75, 3.05) is 5.32 Å². The number of halogens is 1. The van der Waals surface area contributed by atoms with Gasteiger partial charge in [0.15, 0.2) is 0 Å². The molecule has 2 aliphatic rings. The van der Waals surface area contributed by atoms with Crippen LogP contribution in [0.4, 0.5) is 10.5 Å². The first-order chi connectivity index (χ1) is 13.5. The van der Waals surface area contributed by atoms with Crippen LogP contribution in [0.25, 0.3) is 10.9 Å². The van der Waals surface area contributed by atoms with Crippen molar-refractivity contribution in [2.24, 2.45) is 5.10 Å². The van der Waals surface area contributed by atoms with E-state index >= 15 is 0 Å². The largest absolute Gasteiger partial charge is 0.465 e. The van der Waals surface area contributed by atoms with Crippen LogP contribution < -0.4 is 10.7 Å². The molecular formula is C20H17BrN4O3. The number of carbonyl (C=O) groups excluding carboxylic acids is 1. The Morgan fingerprint density at radius 2 is 1.96 bits per heavy atom. The van der Waals surface area contributed by atoms with E-state index < -0.39 is 6.09 Å². The highest BCUT2D eigenvalue weighted by molar-refractivity contribution is 9.10. The molecule has 1 aliphatic carbocycles. The van der Waals surface area contributed by atoms with Crippen molar-refractivity contribution in [1.29, 1.82) is 0 Å². The summed E-state index contributed by atoms with van der Waals surface area (Å²) in [4.78, 5) is 25.6. The van der Waals surface area contributed by atoms with Crippen LogP contribution in [-0.2, 0) is 0 Å². The van der Waals surface area contributed by atoms with Gasteiger partial charge >= 0.3 is 6.09 Å². The van der Waals surface area contributed by atoms with Crippen molar-refractivity contribution in [3.05, 3.63) is 63.8 Å². The van der Waals surface area contributed by atoms with Crippen molar-refractivity contribution in [1.82, 2.24) is 10.4 Å². The topological polar surface area (TPSA) is 107 Å². The van der Waals surface area contributed by atoms with E-state index in [4.69, 9.17) is 5.11 Å². The zero-order chi connectivity index (χ0) is 19.7. The molecule has 0 spiro atoms. The molecule has 1 aromatic heterocycles. The number of hydrogen-bond donors (Lipinski definition) is 4. The van der Waals surface area contributed by atoms with Gasteiger partial charge in [-0.1, -0.05) is 30.3 Å². The Morgan fingerprint density at radius 1 is 1.21 bits per heavy atom. The van der Waals surface area contributed by atoms with Gasteiger partial charge in [0.2, 0.25) is 0 Å². The van der Waals surface area contributed by atoms with Crippen molar-refractivity contribution >= 4 is 50.7 Å². The molecule has 4 N–H and O–H groups in total. The molecule has 0 bridgehead atoms. The minimum absolute atomic E-state index is 0.312. The molecule has 5 rings (SSSR count). The lowest BCUT2D eigenvalue weighted by Gasteiger charge is -2.05. The normalized spacial score (nSPS) is 14.7. The molecule has 2 aromatic carbocycles. The molecule has 2 heterocycles. The Hall–Kier alpha value is -3.13. The number of rotatable bonds is 2. The van der Waals surface area contributed by atoms with E-state index in [9.17, 15) is 9.59 Å². The van der Waals surface area contributed by atoms with Gasteiger partial charge in [0, 0.05) is 22.2 Å². The lowest BCUT2D eigenvalue weighted by Crippen LogP contribution is -2.17. The molecule has 8 heteroatoms. The number of carbonyl (C=O) groups is 2. The smallest absolute Gasteiger partial charge is 0.409 e. The van der Waals surface area contributed by atoms with Gasteiger partial charge in [-0.3, -0.25) is 10.1 Å². The van der Waals surface area contributed by atoms with Crippen molar-refractivity contribution in [3.8, 4) is 0 Å². The molecule has 142 valence electrons. The average Bonchev–Trinajstić information content (AvgIpc) is 3.48. The second-order valence-corrected chi connectivity index (χ2v) is 7.41. The highest BCUT2D eigenvalue weighted by atomic mass is 79.9. The maximum absolute atomic E-state index is 11.9. The summed E-state index contributed by atoms with van der Waals surface area (Å²) in [6.45, 7) is 0. The van der Waals surface area contributed by atoms with Crippen molar-refractivity contribution in [3.63, 3.8) is 0 Å². The number of H-pyrrole nitrogens is 1. The summed E-state index contributed by atoms with van der Waals surface area (Å²) >= 11 is 3.35. The first-order valence-corrected chi connectivity index (χ1v) is 9.55. The lowest BCUT2D eigenvalue weighted by atomic mass is 10.1. The fourth-order valence-electron chi connectivity index (χ4n) is 3.18. The summed E-state index contributed by atoms with van der Waals surface area (Å²) in [6.07, 6.45) is 3.15. The Bertz CT molecular complexity index is 1090. The molecule has 7 nitrogen and oxygen atoms in total. The highest BCUT2D eigenvalue weighted by Crippen LogP contribution is 2.39. The molecule has 0 radical (unpaired) electrons. The third-order valence-corrected chi connectivity index (χ3v) is 5.22. The minimum Gasteiger partial charge on any atom is -0.465 e. The van der Waals surface area contributed by atoms with E-state index in [2.05, 4.69) is 67.1 Å². The Balaban J connectivity index is 0.000000177. The summed E-state index contributed by atoms with van der Waals surface area (Å²) in [7, 11) is 0. The summed E-state index contributed by atoms with van der Waals surface area (Å²) in [6, 6.07) is 13.8. The number of aromatic nitrogens is 1.